The van der Waals surface area contributed by atoms with E-state index >= 15 is 0 Å². The Hall–Kier alpha value is -3.36. The molecule has 9 heteroatoms. The zero-order valence-corrected chi connectivity index (χ0v) is 15.4. The molecule has 27 heavy (non-hydrogen) atoms. The molecule has 1 aromatic carbocycles. The van der Waals surface area contributed by atoms with E-state index in [9.17, 15) is 14.7 Å². The molecule has 2 aromatic heterocycles. The molecule has 0 aliphatic heterocycles. The standard InChI is InChI=1S/C18H22N6O3/c1-9-6-12(4-5-13(9)25)10(2)11(3)21-14(26)7-24-8-20-15-16(24)22-18(19)23-17(15)27/h4-6,8,10-11,25H,7H2,1-3H3,(H,21,26)(H3,19,22,23,27). The fourth-order valence-electron chi connectivity index (χ4n) is 2.92. The van der Waals surface area contributed by atoms with Gasteiger partial charge in [-0.25, -0.2) is 4.98 Å². The molecule has 0 bridgehead atoms. The van der Waals surface area contributed by atoms with Crippen LogP contribution in [0.1, 0.15) is 30.9 Å². The first-order valence-corrected chi connectivity index (χ1v) is 8.55. The van der Waals surface area contributed by atoms with E-state index in [4.69, 9.17) is 5.73 Å². The Labute approximate surface area is 155 Å². The zero-order chi connectivity index (χ0) is 19.7. The Kier molecular flexibility index (Phi) is 4.85. The van der Waals surface area contributed by atoms with E-state index in [1.54, 1.807) is 6.07 Å². The number of rotatable bonds is 5. The highest BCUT2D eigenvalue weighted by Crippen LogP contribution is 2.24. The van der Waals surface area contributed by atoms with Gasteiger partial charge in [-0.1, -0.05) is 19.1 Å². The second-order valence-electron chi connectivity index (χ2n) is 6.69. The van der Waals surface area contributed by atoms with Crippen molar-refractivity contribution in [1.29, 1.82) is 0 Å². The molecule has 2 unspecified atom stereocenters. The number of fused-ring (bicyclic) bond motifs is 1. The Morgan fingerprint density at radius 2 is 2.15 bits per heavy atom. The van der Waals surface area contributed by atoms with Gasteiger partial charge in [0.1, 0.15) is 12.3 Å². The summed E-state index contributed by atoms with van der Waals surface area (Å²) in [6, 6.07) is 5.27. The van der Waals surface area contributed by atoms with Crippen molar-refractivity contribution < 1.29 is 9.90 Å². The van der Waals surface area contributed by atoms with Gasteiger partial charge in [-0.3, -0.25) is 14.6 Å². The third-order valence-electron chi connectivity index (χ3n) is 4.69. The molecule has 1 amide bonds. The summed E-state index contributed by atoms with van der Waals surface area (Å²) in [5.74, 6) is 0.0323. The minimum atomic E-state index is -0.443. The molecule has 0 radical (unpaired) electrons. The van der Waals surface area contributed by atoms with E-state index in [-0.39, 0.29) is 47.3 Å². The monoisotopic (exact) mass is 370 g/mol. The highest BCUT2D eigenvalue weighted by molar-refractivity contribution is 5.79. The number of aromatic amines is 1. The summed E-state index contributed by atoms with van der Waals surface area (Å²) in [5.41, 5.74) is 7.33. The van der Waals surface area contributed by atoms with Gasteiger partial charge >= 0.3 is 0 Å². The number of carbonyl (C=O) groups is 1. The maximum absolute atomic E-state index is 12.4. The lowest BCUT2D eigenvalue weighted by atomic mass is 9.93. The van der Waals surface area contributed by atoms with Crippen molar-refractivity contribution >= 4 is 23.0 Å². The summed E-state index contributed by atoms with van der Waals surface area (Å²) < 4.78 is 1.48. The summed E-state index contributed by atoms with van der Waals surface area (Å²) >= 11 is 0. The second kappa shape index (κ2) is 7.10. The molecule has 0 saturated carbocycles. The summed E-state index contributed by atoms with van der Waals surface area (Å²) in [6.45, 7) is 5.72. The van der Waals surface area contributed by atoms with Crippen molar-refractivity contribution in [2.75, 3.05) is 5.73 Å². The number of phenolic OH excluding ortho intramolecular Hbond substituents is 1. The fourth-order valence-corrected chi connectivity index (χ4v) is 2.92. The molecule has 2 atom stereocenters. The molecule has 0 spiro atoms. The van der Waals surface area contributed by atoms with E-state index < -0.39 is 5.56 Å². The van der Waals surface area contributed by atoms with E-state index in [1.807, 2.05) is 32.9 Å². The van der Waals surface area contributed by atoms with Crippen LogP contribution in [0, 0.1) is 6.92 Å². The van der Waals surface area contributed by atoms with Crippen LogP contribution in [0.15, 0.2) is 29.3 Å². The van der Waals surface area contributed by atoms with Gasteiger partial charge in [0.2, 0.25) is 11.9 Å². The largest absolute Gasteiger partial charge is 0.508 e. The number of nitrogens with zero attached hydrogens (tertiary/aromatic N) is 3. The van der Waals surface area contributed by atoms with Gasteiger partial charge in [0.05, 0.1) is 6.33 Å². The van der Waals surface area contributed by atoms with Gasteiger partial charge < -0.3 is 20.7 Å². The van der Waals surface area contributed by atoms with Crippen LogP contribution in [0.5, 0.6) is 5.75 Å². The average molecular weight is 370 g/mol. The maximum Gasteiger partial charge on any atom is 0.280 e. The molecule has 142 valence electrons. The normalized spacial score (nSPS) is 13.4. The van der Waals surface area contributed by atoms with Gasteiger partial charge in [0.25, 0.3) is 5.56 Å². The fraction of sp³-hybridized carbons (Fsp3) is 0.333. The lowest BCUT2D eigenvalue weighted by Crippen LogP contribution is -2.38. The molecule has 0 fully saturated rings. The van der Waals surface area contributed by atoms with Gasteiger partial charge in [-0.05, 0) is 31.0 Å². The number of carbonyl (C=O) groups excluding carboxylic acids is 1. The van der Waals surface area contributed by atoms with Gasteiger partial charge in [0.15, 0.2) is 11.2 Å². The second-order valence-corrected chi connectivity index (χ2v) is 6.69. The van der Waals surface area contributed by atoms with Crippen molar-refractivity contribution in [1.82, 2.24) is 24.8 Å². The Morgan fingerprint density at radius 3 is 2.85 bits per heavy atom. The summed E-state index contributed by atoms with van der Waals surface area (Å²) in [4.78, 5) is 34.7. The number of aromatic hydroxyl groups is 1. The summed E-state index contributed by atoms with van der Waals surface area (Å²) in [5, 5.41) is 12.6. The number of aryl methyl sites for hydroxylation is 1. The van der Waals surface area contributed by atoms with E-state index in [0.29, 0.717) is 0 Å². The molecule has 0 saturated heterocycles. The van der Waals surface area contributed by atoms with E-state index in [2.05, 4.69) is 20.3 Å². The predicted octanol–water partition coefficient (Wildman–Crippen LogP) is 1.02. The van der Waals surface area contributed by atoms with Gasteiger partial charge in [0, 0.05) is 12.0 Å². The number of hydrogen-bond donors (Lipinski definition) is 4. The van der Waals surface area contributed by atoms with Crippen molar-refractivity contribution in [2.45, 2.75) is 39.3 Å². The number of H-pyrrole nitrogens is 1. The van der Waals surface area contributed by atoms with Crippen molar-refractivity contribution in [3.63, 3.8) is 0 Å². The van der Waals surface area contributed by atoms with Crippen molar-refractivity contribution in [3.05, 3.63) is 46.0 Å². The number of amides is 1. The van der Waals surface area contributed by atoms with Crippen LogP contribution in [0.4, 0.5) is 5.95 Å². The molecule has 0 aliphatic rings. The Bertz CT molecular complexity index is 1050. The topological polar surface area (TPSA) is 139 Å². The number of phenols is 1. The number of anilines is 1. The molecule has 9 nitrogen and oxygen atoms in total. The van der Waals surface area contributed by atoms with Crippen LogP contribution < -0.4 is 16.6 Å². The third-order valence-corrected chi connectivity index (χ3v) is 4.69. The molecular weight excluding hydrogens is 348 g/mol. The van der Waals surface area contributed by atoms with Crippen LogP contribution in [0.2, 0.25) is 0 Å². The first-order chi connectivity index (χ1) is 12.8. The van der Waals surface area contributed by atoms with Gasteiger partial charge in [-0.15, -0.1) is 0 Å². The number of nitrogen functional groups attached to an aromatic ring is 1. The summed E-state index contributed by atoms with van der Waals surface area (Å²) in [7, 11) is 0. The van der Waals surface area contributed by atoms with Gasteiger partial charge in [-0.2, -0.15) is 4.98 Å². The highest BCUT2D eigenvalue weighted by Gasteiger charge is 2.18. The van der Waals surface area contributed by atoms with Crippen LogP contribution in [0.3, 0.4) is 0 Å². The lowest BCUT2D eigenvalue weighted by Gasteiger charge is -2.22. The van der Waals surface area contributed by atoms with Crippen LogP contribution in [0.25, 0.3) is 11.2 Å². The smallest absolute Gasteiger partial charge is 0.280 e. The molecule has 2 heterocycles. The minimum absolute atomic E-state index is 0.0284. The predicted molar refractivity (Wildman–Crippen MR) is 101 cm³/mol. The highest BCUT2D eigenvalue weighted by atomic mass is 16.3. The van der Waals surface area contributed by atoms with Crippen molar-refractivity contribution in [3.8, 4) is 5.75 Å². The van der Waals surface area contributed by atoms with Crippen LogP contribution in [-0.2, 0) is 11.3 Å². The molecule has 3 aromatic rings. The molecule has 5 N–H and O–H groups in total. The lowest BCUT2D eigenvalue weighted by molar-refractivity contribution is -0.122. The van der Waals surface area contributed by atoms with E-state index in [0.717, 1.165) is 11.1 Å². The first kappa shape index (κ1) is 18.4. The van der Waals surface area contributed by atoms with Crippen LogP contribution in [-0.4, -0.2) is 36.6 Å². The Balaban J connectivity index is 1.72. The SMILES string of the molecule is Cc1cc(C(C)C(C)NC(=O)Cn2cnc3c(=O)[nH]c(N)nc32)ccc1O. The zero-order valence-electron chi connectivity index (χ0n) is 15.4. The molecule has 0 aliphatic carbocycles. The molecule has 3 rings (SSSR count). The van der Waals surface area contributed by atoms with Crippen molar-refractivity contribution in [2.24, 2.45) is 0 Å². The van der Waals surface area contributed by atoms with Crippen LogP contribution >= 0.6 is 0 Å². The number of benzene rings is 1. The van der Waals surface area contributed by atoms with E-state index in [1.165, 1.54) is 10.9 Å². The molecular formula is C18H22N6O3. The number of hydrogen-bond acceptors (Lipinski definition) is 6. The maximum atomic E-state index is 12.4. The number of aromatic nitrogens is 4. The summed E-state index contributed by atoms with van der Waals surface area (Å²) in [6.07, 6.45) is 1.39. The number of nitrogens with two attached hydrogens (primary N) is 1. The number of imidazole rings is 1. The first-order valence-electron chi connectivity index (χ1n) is 8.55. The Morgan fingerprint density at radius 1 is 1.41 bits per heavy atom. The average Bonchev–Trinajstić information content (AvgIpc) is 2.99. The quantitative estimate of drug-likeness (QED) is 0.529. The minimum Gasteiger partial charge on any atom is -0.508 e. The number of nitrogens with one attached hydrogen (secondary N) is 2. The third kappa shape index (κ3) is 3.76.